The van der Waals surface area contributed by atoms with E-state index in [-0.39, 0.29) is 38.6 Å². The molecule has 4 atom stereocenters. The van der Waals surface area contributed by atoms with E-state index in [1.807, 2.05) is 54.6 Å². The Balaban J connectivity index is 1.56. The average molecular weight is 577 g/mol. The molecule has 4 unspecified atom stereocenters. The molecule has 2 aromatic carbocycles. The van der Waals surface area contributed by atoms with E-state index in [0.717, 1.165) is 22.0 Å². The minimum Gasteiger partial charge on any atom is -0.480 e. The summed E-state index contributed by atoms with van der Waals surface area (Å²) < 4.78 is 0. The van der Waals surface area contributed by atoms with Gasteiger partial charge in [0, 0.05) is 36.5 Å². The Morgan fingerprint density at radius 3 is 2.36 bits per heavy atom. The summed E-state index contributed by atoms with van der Waals surface area (Å²) in [6, 6.07) is 12.4. The summed E-state index contributed by atoms with van der Waals surface area (Å²) in [5, 5.41) is 15.8. The number of rotatable bonds is 13. The van der Waals surface area contributed by atoms with Crippen molar-refractivity contribution in [1.29, 1.82) is 0 Å². The summed E-state index contributed by atoms with van der Waals surface area (Å²) >= 11 is 0. The number of nitrogens with two attached hydrogens (primary N) is 2. The van der Waals surface area contributed by atoms with Gasteiger partial charge in [-0.05, 0) is 42.9 Å². The van der Waals surface area contributed by atoms with E-state index in [1.54, 1.807) is 6.20 Å². The summed E-state index contributed by atoms with van der Waals surface area (Å²) in [7, 11) is 0. The summed E-state index contributed by atoms with van der Waals surface area (Å²) in [6.07, 6.45) is 2.54. The minimum atomic E-state index is -1.22. The number of para-hydroxylation sites is 1. The lowest BCUT2D eigenvalue weighted by Crippen LogP contribution is -2.58. The standard InChI is InChI=1S/C30H36N6O6/c31-21(15-18-7-2-1-3-8-18)27(38)35-24(16-19-17-33-22-10-5-4-9-20(19)22)28(39)34-23(12-13-26(32)37)29(40)36-14-6-11-25(36)30(41)42/h1-5,7-10,17,21,23-25,33H,6,11-16,31H2,(H2,32,37)(H,34,39)(H,35,38)(H,41,42). The van der Waals surface area contributed by atoms with Crippen LogP contribution in [0.4, 0.5) is 0 Å². The first-order valence-corrected chi connectivity index (χ1v) is 13.9. The Bertz CT molecular complexity index is 1440. The fourth-order valence-electron chi connectivity index (χ4n) is 5.27. The second kappa shape index (κ2) is 13.8. The van der Waals surface area contributed by atoms with Gasteiger partial charge in [-0.1, -0.05) is 48.5 Å². The fraction of sp³-hybridized carbons (Fsp3) is 0.367. The first-order chi connectivity index (χ1) is 20.1. The number of carbonyl (C=O) groups excluding carboxylic acids is 4. The number of aromatic amines is 1. The molecular weight excluding hydrogens is 540 g/mol. The summed E-state index contributed by atoms with van der Waals surface area (Å²) in [5.74, 6) is -3.65. The number of likely N-dealkylation sites (tertiary alicyclic amines) is 1. The van der Waals surface area contributed by atoms with E-state index >= 15 is 0 Å². The largest absolute Gasteiger partial charge is 0.480 e. The third kappa shape index (κ3) is 7.52. The number of carboxylic acids is 1. The number of H-pyrrole nitrogens is 1. The van der Waals surface area contributed by atoms with Crippen LogP contribution >= 0.6 is 0 Å². The van der Waals surface area contributed by atoms with Gasteiger partial charge in [-0.2, -0.15) is 0 Å². The number of nitrogens with zero attached hydrogens (tertiary/aromatic N) is 1. The number of benzene rings is 2. The monoisotopic (exact) mass is 576 g/mol. The second-order valence-corrected chi connectivity index (χ2v) is 10.5. The van der Waals surface area contributed by atoms with E-state index in [2.05, 4.69) is 15.6 Å². The quantitative estimate of drug-likeness (QED) is 0.171. The Hall–Kier alpha value is -4.71. The van der Waals surface area contributed by atoms with E-state index in [0.29, 0.717) is 6.42 Å². The fourth-order valence-corrected chi connectivity index (χ4v) is 5.27. The normalized spacial score (nSPS) is 16.9. The summed E-state index contributed by atoms with van der Waals surface area (Å²) in [5.41, 5.74) is 14.0. The topological polar surface area (TPSA) is 201 Å². The number of amides is 4. The molecule has 0 saturated carbocycles. The van der Waals surface area contributed by atoms with Crippen molar-refractivity contribution < 1.29 is 29.1 Å². The molecule has 0 aliphatic carbocycles. The van der Waals surface area contributed by atoms with Gasteiger partial charge >= 0.3 is 5.97 Å². The van der Waals surface area contributed by atoms with Crippen LogP contribution in [0.15, 0.2) is 60.8 Å². The average Bonchev–Trinajstić information content (AvgIpc) is 3.63. The van der Waals surface area contributed by atoms with Crippen molar-refractivity contribution in [2.24, 2.45) is 11.5 Å². The van der Waals surface area contributed by atoms with Crippen molar-refractivity contribution >= 4 is 40.5 Å². The van der Waals surface area contributed by atoms with E-state index in [4.69, 9.17) is 11.5 Å². The van der Waals surface area contributed by atoms with E-state index in [1.165, 1.54) is 4.90 Å². The highest BCUT2D eigenvalue weighted by atomic mass is 16.4. The molecule has 1 saturated heterocycles. The van der Waals surface area contributed by atoms with Crippen LogP contribution in [0.1, 0.15) is 36.8 Å². The molecule has 4 rings (SSSR count). The van der Waals surface area contributed by atoms with Gasteiger partial charge in [-0.15, -0.1) is 0 Å². The van der Waals surface area contributed by atoms with Crippen LogP contribution in [0.25, 0.3) is 10.9 Å². The molecule has 0 spiro atoms. The van der Waals surface area contributed by atoms with Crippen molar-refractivity contribution in [2.75, 3.05) is 6.54 Å². The molecule has 1 aliphatic rings. The minimum absolute atomic E-state index is 0.0812. The Morgan fingerprint density at radius 2 is 1.64 bits per heavy atom. The molecule has 0 bridgehead atoms. The van der Waals surface area contributed by atoms with Crippen molar-refractivity contribution in [3.8, 4) is 0 Å². The molecule has 12 heteroatoms. The van der Waals surface area contributed by atoms with Crippen LogP contribution in [0.5, 0.6) is 0 Å². The maximum Gasteiger partial charge on any atom is 0.326 e. The molecule has 42 heavy (non-hydrogen) atoms. The lowest BCUT2D eigenvalue weighted by atomic mass is 10.0. The number of primary amides is 1. The van der Waals surface area contributed by atoms with Crippen LogP contribution in [-0.4, -0.2) is 75.3 Å². The number of aromatic nitrogens is 1. The zero-order chi connectivity index (χ0) is 30.2. The van der Waals surface area contributed by atoms with Crippen LogP contribution in [0.3, 0.4) is 0 Å². The van der Waals surface area contributed by atoms with Gasteiger partial charge in [0.2, 0.25) is 23.6 Å². The van der Waals surface area contributed by atoms with Crippen molar-refractivity contribution in [1.82, 2.24) is 20.5 Å². The molecule has 1 aromatic heterocycles. The number of fused-ring (bicyclic) bond motifs is 1. The number of nitrogens with one attached hydrogen (secondary N) is 3. The molecule has 8 N–H and O–H groups in total. The lowest BCUT2D eigenvalue weighted by Gasteiger charge is -2.29. The van der Waals surface area contributed by atoms with Crippen LogP contribution in [0.2, 0.25) is 0 Å². The van der Waals surface area contributed by atoms with Crippen molar-refractivity contribution in [2.45, 2.75) is 62.7 Å². The van der Waals surface area contributed by atoms with Crippen LogP contribution in [0, 0.1) is 0 Å². The third-order valence-corrected chi connectivity index (χ3v) is 7.48. The number of aliphatic carboxylic acids is 1. The number of hydrogen-bond acceptors (Lipinski definition) is 6. The molecule has 1 aliphatic heterocycles. The van der Waals surface area contributed by atoms with Crippen molar-refractivity contribution in [3.63, 3.8) is 0 Å². The van der Waals surface area contributed by atoms with Crippen LogP contribution < -0.4 is 22.1 Å². The van der Waals surface area contributed by atoms with Crippen LogP contribution in [-0.2, 0) is 36.8 Å². The van der Waals surface area contributed by atoms with E-state index < -0.39 is 53.8 Å². The molecule has 2 heterocycles. The van der Waals surface area contributed by atoms with Gasteiger partial charge in [0.05, 0.1) is 6.04 Å². The molecular formula is C30H36N6O6. The zero-order valence-electron chi connectivity index (χ0n) is 23.1. The molecule has 3 aromatic rings. The maximum absolute atomic E-state index is 13.7. The third-order valence-electron chi connectivity index (χ3n) is 7.48. The highest BCUT2D eigenvalue weighted by Crippen LogP contribution is 2.21. The van der Waals surface area contributed by atoms with Gasteiger partial charge < -0.3 is 37.1 Å². The predicted molar refractivity (Wildman–Crippen MR) is 155 cm³/mol. The number of carboxylic acid groups (broad SMARTS) is 1. The molecule has 12 nitrogen and oxygen atoms in total. The molecule has 1 fully saturated rings. The molecule has 222 valence electrons. The highest BCUT2D eigenvalue weighted by Gasteiger charge is 2.38. The smallest absolute Gasteiger partial charge is 0.326 e. The highest BCUT2D eigenvalue weighted by molar-refractivity contribution is 5.95. The van der Waals surface area contributed by atoms with E-state index in [9.17, 15) is 29.1 Å². The summed E-state index contributed by atoms with van der Waals surface area (Å²) in [4.78, 5) is 68.0. The SMILES string of the molecule is NC(=O)CCC(NC(=O)C(Cc1c[nH]c2ccccc12)NC(=O)C(N)Cc1ccccc1)C(=O)N1CCCC1C(=O)O. The maximum atomic E-state index is 13.7. The Morgan fingerprint density at radius 1 is 0.952 bits per heavy atom. The lowest BCUT2D eigenvalue weighted by molar-refractivity contribution is -0.149. The van der Waals surface area contributed by atoms with Gasteiger partial charge in [0.15, 0.2) is 0 Å². The number of carbonyl (C=O) groups is 5. The number of hydrogen-bond donors (Lipinski definition) is 6. The van der Waals surface area contributed by atoms with Crippen molar-refractivity contribution in [3.05, 3.63) is 71.9 Å². The first-order valence-electron chi connectivity index (χ1n) is 13.9. The predicted octanol–water partition coefficient (Wildman–Crippen LogP) is 0.591. The van der Waals surface area contributed by atoms with Gasteiger partial charge in [0.1, 0.15) is 18.1 Å². The first kappa shape index (κ1) is 30.3. The van der Waals surface area contributed by atoms with Gasteiger partial charge in [-0.25, -0.2) is 4.79 Å². The van der Waals surface area contributed by atoms with Gasteiger partial charge in [-0.3, -0.25) is 19.2 Å². The van der Waals surface area contributed by atoms with Gasteiger partial charge in [0.25, 0.3) is 0 Å². The molecule has 0 radical (unpaired) electrons. The Kier molecular flexibility index (Phi) is 9.92. The second-order valence-electron chi connectivity index (χ2n) is 10.5. The molecule has 4 amide bonds. The Labute approximate surface area is 242 Å². The zero-order valence-corrected chi connectivity index (χ0v) is 23.1. The summed E-state index contributed by atoms with van der Waals surface area (Å²) in [6.45, 7) is 0.211.